The highest BCUT2D eigenvalue weighted by Gasteiger charge is 2.07. The van der Waals surface area contributed by atoms with Crippen LogP contribution in [0.2, 0.25) is 0 Å². The Morgan fingerprint density at radius 2 is 1.66 bits per heavy atom. The minimum Gasteiger partial charge on any atom is -0.360 e. The molecule has 2 heterocycles. The van der Waals surface area contributed by atoms with Gasteiger partial charge in [-0.15, -0.1) is 0 Å². The maximum Gasteiger partial charge on any atom is 0.183 e. The van der Waals surface area contributed by atoms with E-state index in [1.807, 2.05) is 33.0 Å². The standard InChI is InChI=1S/C13H15N5S.C8H10.C2H6/c1-8-10-6-9(2-3-11(10)18-17-8)12-7-16-13(19-12)15-5-4-14;1-7-3-5-8(2)6-4-7;1-2/h2-3,6-7H,4-5,14H2,1H3,(H,15,16)(H,17,18);3-6H,1-2H3;1-2H3. The third-order valence-corrected chi connectivity index (χ3v) is 5.18. The second-order valence-corrected chi connectivity index (χ2v) is 7.51. The number of anilines is 1. The van der Waals surface area contributed by atoms with E-state index in [0.717, 1.165) is 38.7 Å². The van der Waals surface area contributed by atoms with Crippen molar-refractivity contribution in [2.75, 3.05) is 18.4 Å². The number of thiazole rings is 1. The van der Waals surface area contributed by atoms with Crippen molar-refractivity contribution in [1.82, 2.24) is 15.2 Å². The van der Waals surface area contributed by atoms with E-state index in [1.165, 1.54) is 11.1 Å². The van der Waals surface area contributed by atoms with Crippen LogP contribution < -0.4 is 11.1 Å². The van der Waals surface area contributed by atoms with Gasteiger partial charge in [0.2, 0.25) is 0 Å². The molecule has 6 heteroatoms. The smallest absolute Gasteiger partial charge is 0.183 e. The number of nitrogens with one attached hydrogen (secondary N) is 2. The first-order chi connectivity index (χ1) is 14.1. The van der Waals surface area contributed by atoms with E-state index in [4.69, 9.17) is 5.73 Å². The maximum absolute atomic E-state index is 5.47. The summed E-state index contributed by atoms with van der Waals surface area (Å²) < 4.78 is 0. The van der Waals surface area contributed by atoms with Crippen LogP contribution in [0.3, 0.4) is 0 Å². The molecule has 29 heavy (non-hydrogen) atoms. The van der Waals surface area contributed by atoms with Crippen molar-refractivity contribution in [1.29, 1.82) is 0 Å². The van der Waals surface area contributed by atoms with Gasteiger partial charge in [0.05, 0.1) is 10.4 Å². The summed E-state index contributed by atoms with van der Waals surface area (Å²) in [5, 5.41) is 12.5. The minimum atomic E-state index is 0.606. The van der Waals surface area contributed by atoms with Crippen molar-refractivity contribution in [3.63, 3.8) is 0 Å². The number of nitrogens with two attached hydrogens (primary N) is 1. The molecule has 2 aromatic heterocycles. The second-order valence-electron chi connectivity index (χ2n) is 6.48. The van der Waals surface area contributed by atoms with Crippen LogP contribution in [0, 0.1) is 20.8 Å². The van der Waals surface area contributed by atoms with Gasteiger partial charge in [-0.1, -0.05) is 66.6 Å². The fourth-order valence-electron chi connectivity index (χ4n) is 2.60. The maximum atomic E-state index is 5.47. The van der Waals surface area contributed by atoms with Crippen molar-refractivity contribution >= 4 is 27.4 Å². The van der Waals surface area contributed by atoms with E-state index < -0.39 is 0 Å². The topological polar surface area (TPSA) is 79.6 Å². The molecule has 0 atom stereocenters. The van der Waals surface area contributed by atoms with E-state index in [-0.39, 0.29) is 0 Å². The predicted octanol–water partition coefficient (Wildman–Crippen LogP) is 5.70. The molecule has 0 aliphatic rings. The van der Waals surface area contributed by atoms with Crippen molar-refractivity contribution in [2.24, 2.45) is 5.73 Å². The molecule has 0 spiro atoms. The fraction of sp³-hybridized carbons (Fsp3) is 0.304. The number of rotatable bonds is 4. The van der Waals surface area contributed by atoms with E-state index in [1.54, 1.807) is 11.3 Å². The molecule has 0 saturated heterocycles. The molecule has 0 amide bonds. The highest BCUT2D eigenvalue weighted by atomic mass is 32.1. The van der Waals surface area contributed by atoms with Gasteiger partial charge in [0.15, 0.2) is 5.13 Å². The first kappa shape index (κ1) is 22.6. The molecule has 2 aromatic carbocycles. The third-order valence-electron chi connectivity index (χ3n) is 4.17. The van der Waals surface area contributed by atoms with Crippen molar-refractivity contribution in [3.8, 4) is 10.4 Å². The summed E-state index contributed by atoms with van der Waals surface area (Å²) >= 11 is 1.63. The average Bonchev–Trinajstić information content (AvgIpc) is 3.37. The monoisotopic (exact) mass is 409 g/mol. The largest absolute Gasteiger partial charge is 0.360 e. The molecular weight excluding hydrogens is 378 g/mol. The average molecular weight is 410 g/mol. The van der Waals surface area contributed by atoms with Crippen LogP contribution in [-0.2, 0) is 0 Å². The lowest BCUT2D eigenvalue weighted by atomic mass is 10.1. The Balaban J connectivity index is 0.000000252. The zero-order valence-corrected chi connectivity index (χ0v) is 18.7. The number of nitrogens with zero attached hydrogens (tertiary/aromatic N) is 2. The van der Waals surface area contributed by atoms with E-state index in [2.05, 4.69) is 70.7 Å². The lowest BCUT2D eigenvalue weighted by Crippen LogP contribution is -2.12. The summed E-state index contributed by atoms with van der Waals surface area (Å²) in [6.45, 7) is 11.6. The van der Waals surface area contributed by atoms with Gasteiger partial charge < -0.3 is 11.1 Å². The molecule has 0 saturated carbocycles. The van der Waals surface area contributed by atoms with Gasteiger partial charge in [0.1, 0.15) is 0 Å². The number of hydrogen-bond acceptors (Lipinski definition) is 5. The molecule has 0 bridgehead atoms. The molecule has 4 rings (SSSR count). The quantitative estimate of drug-likeness (QED) is 0.404. The molecule has 0 radical (unpaired) electrons. The highest BCUT2D eigenvalue weighted by molar-refractivity contribution is 7.18. The Hall–Kier alpha value is -2.70. The van der Waals surface area contributed by atoms with E-state index in [9.17, 15) is 0 Å². The van der Waals surface area contributed by atoms with Gasteiger partial charge in [0.25, 0.3) is 0 Å². The van der Waals surface area contributed by atoms with Gasteiger partial charge in [0, 0.05) is 30.4 Å². The number of aryl methyl sites for hydroxylation is 3. The van der Waals surface area contributed by atoms with Gasteiger partial charge in [-0.05, 0) is 38.5 Å². The van der Waals surface area contributed by atoms with Crippen LogP contribution in [-0.4, -0.2) is 28.3 Å². The van der Waals surface area contributed by atoms with Crippen LogP contribution in [0.4, 0.5) is 5.13 Å². The van der Waals surface area contributed by atoms with Crippen LogP contribution in [0.15, 0.2) is 48.7 Å². The first-order valence-electron chi connectivity index (χ1n) is 9.95. The lowest BCUT2D eigenvalue weighted by molar-refractivity contribution is 1.02. The number of H-pyrrole nitrogens is 1. The van der Waals surface area contributed by atoms with Crippen molar-refractivity contribution < 1.29 is 0 Å². The van der Waals surface area contributed by atoms with Crippen LogP contribution >= 0.6 is 11.3 Å². The highest BCUT2D eigenvalue weighted by Crippen LogP contribution is 2.31. The van der Waals surface area contributed by atoms with Gasteiger partial charge in [-0.25, -0.2) is 4.98 Å². The second kappa shape index (κ2) is 11.3. The summed E-state index contributed by atoms with van der Waals surface area (Å²) in [4.78, 5) is 5.49. The van der Waals surface area contributed by atoms with E-state index in [0.29, 0.717) is 6.54 Å². The zero-order chi connectivity index (χ0) is 21.2. The normalized spacial score (nSPS) is 10.0. The Kier molecular flexibility index (Phi) is 8.83. The predicted molar refractivity (Wildman–Crippen MR) is 127 cm³/mol. The van der Waals surface area contributed by atoms with Gasteiger partial charge in [-0.2, -0.15) is 5.10 Å². The molecule has 0 aliphatic carbocycles. The Morgan fingerprint density at radius 3 is 2.28 bits per heavy atom. The zero-order valence-electron chi connectivity index (χ0n) is 17.9. The minimum absolute atomic E-state index is 0.606. The van der Waals surface area contributed by atoms with E-state index >= 15 is 0 Å². The lowest BCUT2D eigenvalue weighted by Gasteiger charge is -1.98. The van der Waals surface area contributed by atoms with Gasteiger partial charge in [-0.3, -0.25) is 5.10 Å². The summed E-state index contributed by atoms with van der Waals surface area (Å²) in [7, 11) is 0. The fourth-order valence-corrected chi connectivity index (χ4v) is 3.43. The van der Waals surface area contributed by atoms with Crippen molar-refractivity contribution in [2.45, 2.75) is 34.6 Å². The van der Waals surface area contributed by atoms with Gasteiger partial charge >= 0.3 is 0 Å². The summed E-state index contributed by atoms with van der Waals surface area (Å²) in [6.07, 6.45) is 1.89. The van der Waals surface area contributed by atoms with Crippen LogP contribution in [0.5, 0.6) is 0 Å². The Bertz CT molecular complexity index is 981. The molecule has 4 aromatic rings. The Morgan fingerprint density at radius 1 is 1.00 bits per heavy atom. The number of fused-ring (bicyclic) bond motifs is 1. The number of benzene rings is 2. The summed E-state index contributed by atoms with van der Waals surface area (Å²) in [5.41, 5.74) is 11.4. The third kappa shape index (κ3) is 6.41. The van der Waals surface area contributed by atoms with Crippen molar-refractivity contribution in [3.05, 3.63) is 65.5 Å². The Labute approximate surface area is 177 Å². The summed E-state index contributed by atoms with van der Waals surface area (Å²) in [6, 6.07) is 14.7. The van der Waals surface area contributed by atoms with Crippen LogP contribution in [0.25, 0.3) is 21.3 Å². The molecule has 5 nitrogen and oxygen atoms in total. The number of aromatic amines is 1. The molecule has 0 unspecified atom stereocenters. The molecule has 4 N–H and O–H groups in total. The van der Waals surface area contributed by atoms with Crippen LogP contribution in [0.1, 0.15) is 30.7 Å². The number of aromatic nitrogens is 3. The first-order valence-corrected chi connectivity index (χ1v) is 10.8. The SMILES string of the molecule is CC.Cc1[nH]nc2ccc(-c3cnc(NCCN)s3)cc12.Cc1ccc(C)cc1. The molecular formula is C23H31N5S. The summed E-state index contributed by atoms with van der Waals surface area (Å²) in [5.74, 6) is 0. The molecule has 154 valence electrons. The molecule has 0 fully saturated rings. The molecule has 0 aliphatic heterocycles. The number of hydrogen-bond donors (Lipinski definition) is 3.